The maximum Gasteiger partial charge on any atom is 0.145 e. The van der Waals surface area contributed by atoms with E-state index in [0.717, 1.165) is 38.0 Å². The summed E-state index contributed by atoms with van der Waals surface area (Å²) in [4.78, 5) is 1.11. The first-order valence-electron chi connectivity index (χ1n) is 23.2. The van der Waals surface area contributed by atoms with Crippen molar-refractivity contribution in [3.63, 3.8) is 0 Å². The molecular formula is C48H32N2O. The zero-order chi connectivity index (χ0) is 45.9. The van der Waals surface area contributed by atoms with Crippen LogP contribution in [0.3, 0.4) is 0 Å². The summed E-state index contributed by atoms with van der Waals surface area (Å²) in [6.45, 7) is 0. The topological polar surface area (TPSA) is 21.3 Å². The van der Waals surface area contributed by atoms with E-state index in [4.69, 9.17) is 18.1 Å². The lowest BCUT2D eigenvalue weighted by Crippen LogP contribution is -2.10. The van der Waals surface area contributed by atoms with Crippen LogP contribution in [0.2, 0.25) is 0 Å². The second kappa shape index (κ2) is 11.9. The van der Waals surface area contributed by atoms with Gasteiger partial charge in [0.15, 0.2) is 0 Å². The molecule has 0 fully saturated rings. The van der Waals surface area contributed by atoms with Crippen LogP contribution < -0.4 is 4.90 Å². The van der Waals surface area contributed by atoms with Crippen molar-refractivity contribution in [3.8, 4) is 27.9 Å². The van der Waals surface area contributed by atoms with E-state index in [-0.39, 0.29) is 5.69 Å². The molecule has 0 saturated heterocycles. The first-order chi connectivity index (χ1) is 31.1. The summed E-state index contributed by atoms with van der Waals surface area (Å²) >= 11 is 0. The van der Waals surface area contributed by atoms with Crippen LogP contribution in [0.4, 0.5) is 17.1 Å². The molecule has 0 spiro atoms. The lowest BCUT2D eigenvalue weighted by atomic mass is 9.98. The third-order valence-electron chi connectivity index (χ3n) is 9.06. The molecule has 0 aliphatic heterocycles. The van der Waals surface area contributed by atoms with E-state index in [0.29, 0.717) is 27.5 Å². The van der Waals surface area contributed by atoms with Gasteiger partial charge in [0, 0.05) is 38.7 Å². The maximum atomic E-state index is 9.74. The highest BCUT2D eigenvalue weighted by molar-refractivity contribution is 6.18. The van der Waals surface area contributed by atoms with Gasteiger partial charge in [0.25, 0.3) is 0 Å². The Kier molecular flexibility index (Phi) is 4.27. The summed E-state index contributed by atoms with van der Waals surface area (Å²) in [5.74, 6) is 0. The Morgan fingerprint density at radius 3 is 1.86 bits per heavy atom. The summed E-state index contributed by atoms with van der Waals surface area (Å²) in [6, 6.07) is 23.9. The Bertz CT molecular complexity index is 3580. The highest BCUT2D eigenvalue weighted by Gasteiger charge is 2.24. The molecule has 3 nitrogen and oxygen atoms in total. The van der Waals surface area contributed by atoms with Gasteiger partial charge in [0.2, 0.25) is 0 Å². The van der Waals surface area contributed by atoms with Gasteiger partial charge in [-0.2, -0.15) is 0 Å². The number of hydrogen-bond donors (Lipinski definition) is 0. The van der Waals surface area contributed by atoms with Gasteiger partial charge in [0.1, 0.15) is 11.2 Å². The summed E-state index contributed by atoms with van der Waals surface area (Å²) in [5.41, 5.74) is 2.60. The monoisotopic (exact) mass is 666 g/mol. The minimum Gasteiger partial charge on any atom is -0.455 e. The van der Waals surface area contributed by atoms with Crippen molar-refractivity contribution in [1.29, 1.82) is 0 Å². The molecule has 2 heterocycles. The van der Waals surface area contributed by atoms with Crippen LogP contribution in [0.25, 0.3) is 71.7 Å². The molecule has 0 saturated carbocycles. The van der Waals surface area contributed by atoms with E-state index in [1.165, 1.54) is 0 Å². The number of fused-ring (bicyclic) bond motifs is 6. The average molecular weight is 667 g/mol. The highest BCUT2D eigenvalue weighted by Crippen LogP contribution is 2.47. The van der Waals surface area contributed by atoms with Crippen molar-refractivity contribution in [2.75, 3.05) is 4.90 Å². The van der Waals surface area contributed by atoms with Crippen molar-refractivity contribution in [3.05, 3.63) is 194 Å². The summed E-state index contributed by atoms with van der Waals surface area (Å²) < 4.78 is 133. The van der Waals surface area contributed by atoms with E-state index < -0.39 is 107 Å². The van der Waals surface area contributed by atoms with Gasteiger partial charge >= 0.3 is 0 Å². The number of anilines is 3. The zero-order valence-corrected chi connectivity index (χ0v) is 26.7. The first kappa shape index (κ1) is 18.2. The quantitative estimate of drug-likeness (QED) is 0.176. The van der Waals surface area contributed by atoms with Crippen LogP contribution >= 0.6 is 0 Å². The van der Waals surface area contributed by atoms with Crippen LogP contribution in [-0.4, -0.2) is 4.57 Å². The Morgan fingerprint density at radius 1 is 0.490 bits per heavy atom. The molecule has 8 aromatic carbocycles. The molecule has 0 amide bonds. The third-order valence-corrected chi connectivity index (χ3v) is 9.06. The lowest BCUT2D eigenvalue weighted by molar-refractivity contribution is 0.670. The predicted molar refractivity (Wildman–Crippen MR) is 214 cm³/mol. The molecule has 3 heteroatoms. The van der Waals surface area contributed by atoms with E-state index in [1.54, 1.807) is 36.4 Å². The van der Waals surface area contributed by atoms with E-state index in [1.807, 2.05) is 60.7 Å². The van der Waals surface area contributed by atoms with E-state index in [2.05, 4.69) is 16.7 Å². The molecule has 0 radical (unpaired) electrons. The lowest BCUT2D eigenvalue weighted by Gasteiger charge is -2.27. The van der Waals surface area contributed by atoms with Crippen molar-refractivity contribution in [2.24, 2.45) is 0 Å². The number of hydrogen-bond acceptors (Lipinski definition) is 2. The van der Waals surface area contributed by atoms with Gasteiger partial charge in [-0.05, 0) is 71.7 Å². The molecule has 0 bridgehead atoms. The minimum absolute atomic E-state index is 0.0627. The van der Waals surface area contributed by atoms with Crippen molar-refractivity contribution < 1.29 is 23.6 Å². The molecular weight excluding hydrogens is 621 g/mol. The average Bonchev–Trinajstić information content (AvgIpc) is 3.88. The minimum atomic E-state index is -0.805. The van der Waals surface area contributed by atoms with Gasteiger partial charge in [-0.1, -0.05) is 133 Å². The molecule has 51 heavy (non-hydrogen) atoms. The fourth-order valence-corrected chi connectivity index (χ4v) is 6.94. The molecule has 0 aliphatic carbocycles. The predicted octanol–water partition coefficient (Wildman–Crippen LogP) is 13.5. The molecule has 240 valence electrons. The fraction of sp³-hybridized carbons (Fsp3) is 0. The van der Waals surface area contributed by atoms with Gasteiger partial charge < -0.3 is 13.9 Å². The number of aromatic nitrogens is 1. The second-order valence-corrected chi connectivity index (χ2v) is 11.9. The second-order valence-electron chi connectivity index (χ2n) is 11.9. The molecule has 0 N–H and O–H groups in total. The van der Waals surface area contributed by atoms with Crippen molar-refractivity contribution >= 4 is 60.8 Å². The molecule has 10 rings (SSSR count). The normalized spacial score (nSPS) is 15.4. The van der Waals surface area contributed by atoms with Crippen molar-refractivity contribution in [2.45, 2.75) is 0 Å². The van der Waals surface area contributed by atoms with Crippen LogP contribution in [0.1, 0.15) is 19.2 Å². The number of benzene rings is 8. The summed E-state index contributed by atoms with van der Waals surface area (Å²) in [6.07, 6.45) is 0. The van der Waals surface area contributed by atoms with Crippen LogP contribution in [0.5, 0.6) is 0 Å². The third kappa shape index (κ3) is 4.74. The Labute approximate surface area is 315 Å². The fourth-order valence-electron chi connectivity index (χ4n) is 6.94. The standard InChI is InChI=1S/C48H32N2O/c1-3-16-33(17-4-1)34-18-15-21-36(32-34)49(35-19-5-2-6-20-35)45-31-30-40(48-47(45)41-25-10-14-29-46(41)51-48)39-24-9-13-28-44(39)50-42-26-11-7-22-37(42)38-23-8-12-27-43(38)50/h1-32H/i1D,2D,3D,4D,5D,6D,15D,16D,17D,18D,19D,20D,21D,32D. The van der Waals surface area contributed by atoms with E-state index in [9.17, 15) is 5.48 Å². The molecule has 10 aromatic rings. The first-order valence-corrected chi connectivity index (χ1v) is 16.2. The number of rotatable bonds is 6. The molecule has 0 unspecified atom stereocenters. The van der Waals surface area contributed by atoms with Crippen molar-refractivity contribution in [1.82, 2.24) is 4.57 Å². The number of furan rings is 1. The molecule has 2 aromatic heterocycles. The molecule has 0 atom stereocenters. The Morgan fingerprint density at radius 2 is 1.10 bits per heavy atom. The van der Waals surface area contributed by atoms with E-state index >= 15 is 0 Å². The largest absolute Gasteiger partial charge is 0.455 e. The van der Waals surface area contributed by atoms with Gasteiger partial charge in [0.05, 0.1) is 47.0 Å². The highest BCUT2D eigenvalue weighted by atomic mass is 16.3. The van der Waals surface area contributed by atoms with Gasteiger partial charge in [-0.3, -0.25) is 0 Å². The Balaban J connectivity index is 1.35. The van der Waals surface area contributed by atoms with Crippen LogP contribution in [-0.2, 0) is 0 Å². The van der Waals surface area contributed by atoms with Crippen LogP contribution in [0.15, 0.2) is 198 Å². The van der Waals surface area contributed by atoms with Crippen LogP contribution in [0, 0.1) is 0 Å². The summed E-state index contributed by atoms with van der Waals surface area (Å²) in [7, 11) is 0. The number of para-hydroxylation sites is 5. The SMILES string of the molecule is [2H]c1c([2H])c([2H])c(-c2c([2H])c([2H])c([2H])c(N(c3c([2H])c([2H])c([2H])c([2H])c3[2H])c3ccc(-c4ccccc4-n4c5ccccc5c5ccccc54)c4oc5ccccc5c34)c2[2H])c([2H])c1[2H]. The van der Waals surface area contributed by atoms with Gasteiger partial charge in [-0.15, -0.1) is 0 Å². The number of nitrogens with zero attached hydrogens (tertiary/aromatic N) is 2. The zero-order valence-electron chi connectivity index (χ0n) is 40.7. The maximum absolute atomic E-state index is 9.74. The molecule has 0 aliphatic rings. The Hall–Kier alpha value is -6.84. The smallest absolute Gasteiger partial charge is 0.145 e. The van der Waals surface area contributed by atoms with Gasteiger partial charge in [-0.25, -0.2) is 0 Å². The summed E-state index contributed by atoms with van der Waals surface area (Å²) in [5, 5.41) is 2.94.